The molecule has 0 amide bonds. The molecular formula is C22H24N4O2. The standard InChI is InChI=1S/C22H24N4O2/c1-27-18-11-8-15(12-19(18)28-2)14-23-20-13-21(24-17-9-10-17)26-22(25-20)16-6-4-3-5-7-16/h3-8,11-13,17H,9-10,14H2,1-2H3,(H2,23,24,25,26). The van der Waals surface area contributed by atoms with Crippen LogP contribution in [0.25, 0.3) is 11.4 Å². The van der Waals surface area contributed by atoms with Crippen molar-refractivity contribution < 1.29 is 9.47 Å². The molecule has 1 aliphatic carbocycles. The van der Waals surface area contributed by atoms with E-state index in [1.54, 1.807) is 14.2 Å². The van der Waals surface area contributed by atoms with Gasteiger partial charge in [-0.1, -0.05) is 36.4 Å². The highest BCUT2D eigenvalue weighted by molar-refractivity contribution is 5.61. The molecule has 0 atom stereocenters. The molecule has 1 saturated carbocycles. The van der Waals surface area contributed by atoms with Gasteiger partial charge >= 0.3 is 0 Å². The predicted octanol–water partition coefficient (Wildman–Crippen LogP) is 4.35. The fraction of sp³-hybridized carbons (Fsp3) is 0.273. The molecule has 3 aromatic rings. The lowest BCUT2D eigenvalue weighted by Gasteiger charge is -2.13. The average molecular weight is 376 g/mol. The van der Waals surface area contributed by atoms with E-state index in [1.807, 2.05) is 54.6 Å². The van der Waals surface area contributed by atoms with E-state index in [0.717, 1.165) is 28.5 Å². The van der Waals surface area contributed by atoms with Crippen LogP contribution in [0.3, 0.4) is 0 Å². The minimum absolute atomic E-state index is 0.525. The molecule has 28 heavy (non-hydrogen) atoms. The number of nitrogens with one attached hydrogen (secondary N) is 2. The van der Waals surface area contributed by atoms with Gasteiger partial charge in [0, 0.05) is 24.2 Å². The van der Waals surface area contributed by atoms with E-state index >= 15 is 0 Å². The molecule has 1 aromatic heterocycles. The molecule has 6 heteroatoms. The number of hydrogen-bond donors (Lipinski definition) is 2. The Labute approximate surface area is 164 Å². The highest BCUT2D eigenvalue weighted by Crippen LogP contribution is 2.29. The van der Waals surface area contributed by atoms with Gasteiger partial charge in [0.25, 0.3) is 0 Å². The van der Waals surface area contributed by atoms with E-state index < -0.39 is 0 Å². The van der Waals surface area contributed by atoms with E-state index in [1.165, 1.54) is 12.8 Å². The summed E-state index contributed by atoms with van der Waals surface area (Å²) in [4.78, 5) is 9.39. The van der Waals surface area contributed by atoms with E-state index in [2.05, 4.69) is 10.6 Å². The molecule has 1 aliphatic rings. The van der Waals surface area contributed by atoms with Gasteiger partial charge in [0.2, 0.25) is 0 Å². The van der Waals surface area contributed by atoms with Crippen LogP contribution in [0.5, 0.6) is 11.5 Å². The fourth-order valence-corrected chi connectivity index (χ4v) is 2.95. The molecule has 4 rings (SSSR count). The van der Waals surface area contributed by atoms with Crippen molar-refractivity contribution in [1.82, 2.24) is 9.97 Å². The van der Waals surface area contributed by atoms with Crippen molar-refractivity contribution >= 4 is 11.6 Å². The molecule has 1 heterocycles. The lowest BCUT2D eigenvalue weighted by atomic mass is 10.2. The van der Waals surface area contributed by atoms with Gasteiger partial charge in [-0.3, -0.25) is 0 Å². The van der Waals surface area contributed by atoms with Gasteiger partial charge in [0.15, 0.2) is 17.3 Å². The summed E-state index contributed by atoms with van der Waals surface area (Å²) in [6.07, 6.45) is 2.39. The Morgan fingerprint density at radius 2 is 1.64 bits per heavy atom. The van der Waals surface area contributed by atoms with Crippen molar-refractivity contribution in [3.63, 3.8) is 0 Å². The number of nitrogens with zero attached hydrogens (tertiary/aromatic N) is 2. The van der Waals surface area contributed by atoms with Crippen LogP contribution in [-0.4, -0.2) is 30.2 Å². The number of rotatable bonds is 8. The zero-order valence-electron chi connectivity index (χ0n) is 16.1. The van der Waals surface area contributed by atoms with Gasteiger partial charge in [-0.15, -0.1) is 0 Å². The number of anilines is 2. The molecule has 6 nitrogen and oxygen atoms in total. The van der Waals surface area contributed by atoms with Crippen LogP contribution in [0.2, 0.25) is 0 Å². The zero-order chi connectivity index (χ0) is 19.3. The molecule has 0 spiro atoms. The molecule has 2 aromatic carbocycles. The summed E-state index contributed by atoms with van der Waals surface area (Å²) in [6.45, 7) is 0.620. The van der Waals surface area contributed by atoms with Gasteiger partial charge in [-0.2, -0.15) is 0 Å². The summed E-state index contributed by atoms with van der Waals surface area (Å²) in [5.41, 5.74) is 2.07. The smallest absolute Gasteiger partial charge is 0.163 e. The SMILES string of the molecule is COc1ccc(CNc2cc(NC3CC3)nc(-c3ccccc3)n2)cc1OC. The minimum atomic E-state index is 0.525. The Kier molecular flexibility index (Phi) is 5.28. The Balaban J connectivity index is 1.56. The molecular weight excluding hydrogens is 352 g/mol. The number of methoxy groups -OCH3 is 2. The predicted molar refractivity (Wildman–Crippen MR) is 111 cm³/mol. The van der Waals surface area contributed by atoms with Crippen molar-refractivity contribution in [2.24, 2.45) is 0 Å². The van der Waals surface area contributed by atoms with Crippen LogP contribution in [-0.2, 0) is 6.54 Å². The second-order valence-corrected chi connectivity index (χ2v) is 6.79. The van der Waals surface area contributed by atoms with Gasteiger partial charge in [-0.25, -0.2) is 9.97 Å². The third-order valence-corrected chi connectivity index (χ3v) is 4.61. The first kappa shape index (κ1) is 18.1. The van der Waals surface area contributed by atoms with Crippen molar-refractivity contribution in [3.05, 3.63) is 60.2 Å². The molecule has 0 saturated heterocycles. The number of hydrogen-bond acceptors (Lipinski definition) is 6. The molecule has 1 fully saturated rings. The van der Waals surface area contributed by atoms with Gasteiger partial charge in [-0.05, 0) is 30.5 Å². The van der Waals surface area contributed by atoms with Gasteiger partial charge in [0.1, 0.15) is 11.6 Å². The fourth-order valence-electron chi connectivity index (χ4n) is 2.95. The normalized spacial score (nSPS) is 13.1. The molecule has 0 aliphatic heterocycles. The Hall–Kier alpha value is -3.28. The van der Waals surface area contributed by atoms with Gasteiger partial charge < -0.3 is 20.1 Å². The van der Waals surface area contributed by atoms with Crippen molar-refractivity contribution in [3.8, 4) is 22.9 Å². The summed E-state index contributed by atoms with van der Waals surface area (Å²) in [7, 11) is 3.28. The van der Waals surface area contributed by atoms with Crippen LogP contribution in [0, 0.1) is 0 Å². The molecule has 0 bridgehead atoms. The summed E-state index contributed by atoms with van der Waals surface area (Å²) < 4.78 is 10.7. The number of benzene rings is 2. The van der Waals surface area contributed by atoms with Crippen LogP contribution in [0.1, 0.15) is 18.4 Å². The van der Waals surface area contributed by atoms with Crippen LogP contribution < -0.4 is 20.1 Å². The third kappa shape index (κ3) is 4.34. The Bertz CT molecular complexity index is 943. The average Bonchev–Trinajstić information content (AvgIpc) is 3.56. The summed E-state index contributed by atoms with van der Waals surface area (Å²) in [5, 5.41) is 6.88. The highest BCUT2D eigenvalue weighted by Gasteiger charge is 2.22. The monoisotopic (exact) mass is 376 g/mol. The van der Waals surface area contributed by atoms with Crippen molar-refractivity contribution in [2.45, 2.75) is 25.4 Å². The second-order valence-electron chi connectivity index (χ2n) is 6.79. The second kappa shape index (κ2) is 8.17. The first-order valence-electron chi connectivity index (χ1n) is 9.41. The first-order chi connectivity index (χ1) is 13.7. The lowest BCUT2D eigenvalue weighted by molar-refractivity contribution is 0.354. The summed E-state index contributed by atoms with van der Waals surface area (Å²) in [5.74, 6) is 3.78. The van der Waals surface area contributed by atoms with E-state index in [4.69, 9.17) is 19.4 Å². The molecule has 144 valence electrons. The highest BCUT2D eigenvalue weighted by atomic mass is 16.5. The summed E-state index contributed by atoms with van der Waals surface area (Å²) in [6, 6.07) is 18.4. The third-order valence-electron chi connectivity index (χ3n) is 4.61. The maximum Gasteiger partial charge on any atom is 0.163 e. The topological polar surface area (TPSA) is 68.3 Å². The first-order valence-corrected chi connectivity index (χ1v) is 9.41. The van der Waals surface area contributed by atoms with Crippen LogP contribution in [0.15, 0.2) is 54.6 Å². The Morgan fingerprint density at radius 3 is 2.36 bits per heavy atom. The van der Waals surface area contributed by atoms with Crippen molar-refractivity contribution in [2.75, 3.05) is 24.9 Å². The maximum atomic E-state index is 5.39. The molecule has 2 N–H and O–H groups in total. The lowest BCUT2D eigenvalue weighted by Crippen LogP contribution is -2.08. The summed E-state index contributed by atoms with van der Waals surface area (Å²) >= 11 is 0. The minimum Gasteiger partial charge on any atom is -0.493 e. The number of aromatic nitrogens is 2. The van der Waals surface area contributed by atoms with Crippen LogP contribution in [0.4, 0.5) is 11.6 Å². The van der Waals surface area contributed by atoms with E-state index in [-0.39, 0.29) is 0 Å². The van der Waals surface area contributed by atoms with Gasteiger partial charge in [0.05, 0.1) is 14.2 Å². The maximum absolute atomic E-state index is 5.39. The molecule has 0 radical (unpaired) electrons. The van der Waals surface area contributed by atoms with Crippen molar-refractivity contribution in [1.29, 1.82) is 0 Å². The zero-order valence-corrected chi connectivity index (χ0v) is 16.1. The quantitative estimate of drug-likeness (QED) is 0.609. The van der Waals surface area contributed by atoms with Crippen LogP contribution >= 0.6 is 0 Å². The van der Waals surface area contributed by atoms with E-state index in [0.29, 0.717) is 24.2 Å². The molecule has 0 unspecified atom stereocenters. The van der Waals surface area contributed by atoms with E-state index in [9.17, 15) is 0 Å². The Morgan fingerprint density at radius 1 is 0.893 bits per heavy atom. The largest absolute Gasteiger partial charge is 0.493 e. The number of ether oxygens (including phenoxy) is 2.